The second-order valence-electron chi connectivity index (χ2n) is 5.43. The molecule has 0 spiro atoms. The van der Waals surface area contributed by atoms with E-state index in [2.05, 4.69) is 32.0 Å². The highest BCUT2D eigenvalue weighted by Gasteiger charge is 2.16. The van der Waals surface area contributed by atoms with Gasteiger partial charge in [-0.05, 0) is 25.3 Å². The van der Waals surface area contributed by atoms with Crippen molar-refractivity contribution in [1.29, 1.82) is 5.41 Å². The van der Waals surface area contributed by atoms with Crippen molar-refractivity contribution in [3.05, 3.63) is 48.8 Å². The maximum Gasteiger partial charge on any atom is 0.316 e. The first-order valence-corrected chi connectivity index (χ1v) is 8.47. The molecule has 3 rings (SSSR count). The van der Waals surface area contributed by atoms with Crippen LogP contribution >= 0.6 is 0 Å². The molecule has 0 unspecified atom stereocenters. The highest BCUT2D eigenvalue weighted by atomic mass is 16.5. The molecule has 0 saturated heterocycles. The van der Waals surface area contributed by atoms with Crippen molar-refractivity contribution < 1.29 is 14.1 Å². The molecule has 9 heteroatoms. The van der Waals surface area contributed by atoms with Crippen LogP contribution in [0.1, 0.15) is 23.4 Å². The maximum atomic E-state index is 11.9. The lowest BCUT2D eigenvalue weighted by molar-refractivity contribution is 0.0893. The van der Waals surface area contributed by atoms with E-state index in [1.807, 2.05) is 24.3 Å². The van der Waals surface area contributed by atoms with Crippen LogP contribution in [0.4, 0.5) is 0 Å². The number of aromatic amines is 1. The number of carbonyl (C=O) groups is 1. The lowest BCUT2D eigenvalue weighted by atomic mass is 10.1. The van der Waals surface area contributed by atoms with E-state index in [1.165, 1.54) is 6.21 Å². The van der Waals surface area contributed by atoms with Crippen LogP contribution in [0, 0.1) is 5.41 Å². The lowest BCUT2D eigenvalue weighted by Crippen LogP contribution is -2.27. The largest absolute Gasteiger partial charge is 0.383 e. The Kier molecular flexibility index (Phi) is 7.79. The third-order valence-electron chi connectivity index (χ3n) is 3.43. The molecule has 9 nitrogen and oxygen atoms in total. The molecule has 0 radical (unpaired) electrons. The molecular formula is C19H22N6O3. The molecule has 3 N–H and O–H groups in total. The van der Waals surface area contributed by atoms with Crippen LogP contribution in [0.2, 0.25) is 0 Å². The molecular weight excluding hydrogens is 360 g/mol. The van der Waals surface area contributed by atoms with Gasteiger partial charge in [-0.25, -0.2) is 4.98 Å². The number of hydrogen-bond acceptors (Lipinski definition) is 7. The minimum absolute atomic E-state index is 0.0907. The van der Waals surface area contributed by atoms with Crippen molar-refractivity contribution in [3.63, 3.8) is 0 Å². The van der Waals surface area contributed by atoms with Gasteiger partial charge in [-0.3, -0.25) is 4.79 Å². The molecule has 28 heavy (non-hydrogen) atoms. The van der Waals surface area contributed by atoms with E-state index in [1.54, 1.807) is 26.3 Å². The summed E-state index contributed by atoms with van der Waals surface area (Å²) in [7, 11) is 1.56. The van der Waals surface area contributed by atoms with Crippen LogP contribution in [0.25, 0.3) is 28.7 Å². The fourth-order valence-corrected chi connectivity index (χ4v) is 2.19. The number of nitrogens with zero attached hydrogens (tertiary/aromatic N) is 3. The zero-order valence-corrected chi connectivity index (χ0v) is 15.7. The summed E-state index contributed by atoms with van der Waals surface area (Å²) in [4.78, 5) is 23.4. The van der Waals surface area contributed by atoms with Gasteiger partial charge in [0.1, 0.15) is 5.82 Å². The van der Waals surface area contributed by atoms with Crippen molar-refractivity contribution in [2.45, 2.75) is 6.92 Å². The highest BCUT2D eigenvalue weighted by molar-refractivity contribution is 5.89. The number of benzene rings is 1. The van der Waals surface area contributed by atoms with Crippen LogP contribution in [0.3, 0.4) is 0 Å². The molecule has 1 amide bonds. The van der Waals surface area contributed by atoms with Gasteiger partial charge in [0.2, 0.25) is 5.82 Å². The molecule has 0 fully saturated rings. The number of methoxy groups -OCH3 is 1. The molecule has 0 aliphatic carbocycles. The van der Waals surface area contributed by atoms with E-state index < -0.39 is 5.91 Å². The Morgan fingerprint density at radius 3 is 2.86 bits per heavy atom. The topological polar surface area (TPSA) is 130 Å². The monoisotopic (exact) mass is 382 g/mol. The third-order valence-corrected chi connectivity index (χ3v) is 3.43. The molecule has 2 aromatic heterocycles. The van der Waals surface area contributed by atoms with Crippen LogP contribution in [-0.4, -0.2) is 52.5 Å². The van der Waals surface area contributed by atoms with Gasteiger partial charge in [0.05, 0.1) is 18.5 Å². The van der Waals surface area contributed by atoms with E-state index in [9.17, 15) is 4.79 Å². The minimum Gasteiger partial charge on any atom is -0.383 e. The van der Waals surface area contributed by atoms with Gasteiger partial charge in [-0.2, -0.15) is 4.98 Å². The Morgan fingerprint density at radius 1 is 1.43 bits per heavy atom. The number of imidazole rings is 1. The number of ether oxygens (including phenoxy) is 1. The van der Waals surface area contributed by atoms with Crippen LogP contribution in [0.15, 0.2) is 41.6 Å². The first-order valence-electron chi connectivity index (χ1n) is 8.47. The Morgan fingerprint density at radius 2 is 2.18 bits per heavy atom. The number of carbonyl (C=O) groups excluding carboxylic acids is 1. The van der Waals surface area contributed by atoms with Crippen molar-refractivity contribution in [1.82, 2.24) is 25.4 Å². The van der Waals surface area contributed by atoms with Gasteiger partial charge in [-0.15, -0.1) is 0 Å². The van der Waals surface area contributed by atoms with Gasteiger partial charge in [0.25, 0.3) is 0 Å². The van der Waals surface area contributed by atoms with Gasteiger partial charge >= 0.3 is 11.8 Å². The van der Waals surface area contributed by atoms with Crippen LogP contribution < -0.4 is 5.32 Å². The highest BCUT2D eigenvalue weighted by Crippen LogP contribution is 2.23. The van der Waals surface area contributed by atoms with Crippen molar-refractivity contribution in [3.8, 4) is 22.6 Å². The summed E-state index contributed by atoms with van der Waals surface area (Å²) in [5.41, 5.74) is 2.48. The minimum atomic E-state index is -0.434. The van der Waals surface area contributed by atoms with E-state index in [-0.39, 0.29) is 5.89 Å². The molecule has 0 aliphatic heterocycles. The van der Waals surface area contributed by atoms with Gasteiger partial charge in [0.15, 0.2) is 0 Å². The molecule has 146 valence electrons. The quantitative estimate of drug-likeness (QED) is 0.425. The normalized spacial score (nSPS) is 9.93. The first kappa shape index (κ1) is 20.7. The second kappa shape index (κ2) is 10.5. The Hall–Kier alpha value is -3.59. The maximum absolute atomic E-state index is 11.9. The predicted molar refractivity (Wildman–Crippen MR) is 106 cm³/mol. The van der Waals surface area contributed by atoms with E-state index in [0.717, 1.165) is 16.8 Å². The van der Waals surface area contributed by atoms with Crippen molar-refractivity contribution >= 4 is 18.2 Å². The molecule has 0 aliphatic rings. The smallest absolute Gasteiger partial charge is 0.316 e. The zero-order chi connectivity index (χ0) is 20.4. The number of H-pyrrole nitrogens is 1. The average Bonchev–Trinajstić information content (AvgIpc) is 3.39. The summed E-state index contributed by atoms with van der Waals surface area (Å²) in [5, 5.41) is 12.6. The number of rotatable bonds is 7. The fraction of sp³-hybridized carbons (Fsp3) is 0.211. The van der Waals surface area contributed by atoms with E-state index >= 15 is 0 Å². The molecule has 3 aromatic rings. The number of amides is 1. The third kappa shape index (κ3) is 5.45. The van der Waals surface area contributed by atoms with E-state index in [4.69, 9.17) is 14.7 Å². The first-order chi connectivity index (χ1) is 13.6. The summed E-state index contributed by atoms with van der Waals surface area (Å²) in [6, 6.07) is 7.53. The summed E-state index contributed by atoms with van der Waals surface area (Å²) in [6.45, 7) is 6.12. The Bertz CT molecular complexity index is 931. The van der Waals surface area contributed by atoms with Crippen molar-refractivity contribution in [2.24, 2.45) is 0 Å². The summed E-state index contributed by atoms with van der Waals surface area (Å²) in [5.74, 6) is 0.500. The zero-order valence-electron chi connectivity index (χ0n) is 15.7. The predicted octanol–water partition coefficient (Wildman–Crippen LogP) is 2.80. The fourth-order valence-electron chi connectivity index (χ4n) is 2.19. The summed E-state index contributed by atoms with van der Waals surface area (Å²) >= 11 is 0. The van der Waals surface area contributed by atoms with Crippen LogP contribution in [-0.2, 0) is 4.74 Å². The van der Waals surface area contributed by atoms with Crippen molar-refractivity contribution in [2.75, 3.05) is 20.3 Å². The standard InChI is InChI=1S/C17H17N5O3.C2H5N/c1-3-14-19-10-13(20-14)11-5-4-6-12(9-11)15-21-17(25-22-15)16(23)18-7-8-24-2;1-2-3/h3-6,9-10H,1,7-8H2,2H3,(H,18,23)(H,19,20);2-3H,1H3. The second-order valence-corrected chi connectivity index (χ2v) is 5.43. The summed E-state index contributed by atoms with van der Waals surface area (Å²) < 4.78 is 9.90. The lowest BCUT2D eigenvalue weighted by Gasteiger charge is -2.00. The molecule has 0 bridgehead atoms. The number of aromatic nitrogens is 4. The van der Waals surface area contributed by atoms with E-state index in [0.29, 0.717) is 24.8 Å². The molecule has 0 atom stereocenters. The Labute approximate surface area is 162 Å². The Balaban J connectivity index is 0.000000878. The van der Waals surface area contributed by atoms with Gasteiger partial charge in [0, 0.05) is 24.8 Å². The molecule has 0 saturated carbocycles. The van der Waals surface area contributed by atoms with Gasteiger partial charge in [-0.1, -0.05) is 29.9 Å². The average molecular weight is 382 g/mol. The molecule has 1 aromatic carbocycles. The van der Waals surface area contributed by atoms with Crippen LogP contribution in [0.5, 0.6) is 0 Å². The molecule has 2 heterocycles. The number of nitrogens with one attached hydrogen (secondary N) is 3. The number of hydrogen-bond donors (Lipinski definition) is 3. The van der Waals surface area contributed by atoms with Gasteiger partial charge < -0.3 is 25.0 Å². The summed E-state index contributed by atoms with van der Waals surface area (Å²) in [6.07, 6.45) is 4.61. The SMILES string of the molecule is C=Cc1ncc(-c2cccc(-c3noc(C(=O)NCCOC)n3)c2)[nH]1.CC=N.